The van der Waals surface area contributed by atoms with Gasteiger partial charge in [-0.2, -0.15) is 0 Å². The summed E-state index contributed by atoms with van der Waals surface area (Å²) in [6.07, 6.45) is 0. The lowest BCUT2D eigenvalue weighted by Gasteiger charge is -2.33. The molecule has 0 bridgehead atoms. The number of hydrogen-bond donors (Lipinski definition) is 0. The van der Waals surface area contributed by atoms with Crippen molar-refractivity contribution in [2.75, 3.05) is 158 Å². The Morgan fingerprint density at radius 3 is 0.357 bits per heavy atom. The minimum absolute atomic E-state index is 0.0616. The molecule has 0 atom stereocenters. The van der Waals surface area contributed by atoms with E-state index < -0.39 is 99.6 Å². The lowest BCUT2D eigenvalue weighted by molar-refractivity contribution is -0.151. The van der Waals surface area contributed by atoms with Gasteiger partial charge in [0.25, 0.3) is 0 Å². The number of benzene rings is 8. The molecular formula is C88H104N8O16. The Hall–Kier alpha value is -10.8. The SMILES string of the molecule is O=C1CN(CCOCc2ccccc2)C(=O)CN(CCOCc2ccccc2)C(=O)CN(CCOCc2ccccc2)C(=O)CN(CCOCc2ccccc2)C(=O)CN(CCOCc2ccccc2)C(=O)CN(CCOCc2ccccc2)C(=O)CN(CCOCc2ccccc2)C(=O)CN1CCOCc1ccccc1. The van der Waals surface area contributed by atoms with Gasteiger partial charge in [-0.3, -0.25) is 38.4 Å². The molecule has 8 amide bonds. The van der Waals surface area contributed by atoms with E-state index in [9.17, 15) is 0 Å². The van der Waals surface area contributed by atoms with Crippen LogP contribution in [0.5, 0.6) is 0 Å². The number of carbonyl (C=O) groups excluding carboxylic acids is 8. The predicted octanol–water partition coefficient (Wildman–Crippen LogP) is 8.36. The van der Waals surface area contributed by atoms with Crippen molar-refractivity contribution in [3.05, 3.63) is 287 Å². The van der Waals surface area contributed by atoms with E-state index in [0.717, 1.165) is 44.5 Å². The molecule has 0 spiro atoms. The maximum atomic E-state index is 15.5. The van der Waals surface area contributed by atoms with Crippen LogP contribution in [-0.2, 0) is 129 Å². The molecule has 112 heavy (non-hydrogen) atoms. The maximum absolute atomic E-state index is 15.5. The molecule has 0 N–H and O–H groups in total. The topological polar surface area (TPSA) is 236 Å². The van der Waals surface area contributed by atoms with Crippen molar-refractivity contribution in [3.63, 3.8) is 0 Å². The minimum Gasteiger partial charge on any atom is -0.375 e. The van der Waals surface area contributed by atoms with Crippen LogP contribution < -0.4 is 0 Å². The van der Waals surface area contributed by atoms with E-state index in [2.05, 4.69) is 0 Å². The van der Waals surface area contributed by atoms with Gasteiger partial charge in [0.05, 0.1) is 158 Å². The van der Waals surface area contributed by atoms with Crippen molar-refractivity contribution in [2.45, 2.75) is 52.9 Å². The summed E-state index contributed by atoms with van der Waals surface area (Å²) in [6.45, 7) is -5.27. The average Bonchev–Trinajstić information content (AvgIpc) is 0.856. The van der Waals surface area contributed by atoms with Crippen LogP contribution in [0, 0.1) is 0 Å². The molecule has 9 rings (SSSR count). The average molecular weight is 1530 g/mol. The van der Waals surface area contributed by atoms with Gasteiger partial charge in [0.15, 0.2) is 0 Å². The normalized spacial score (nSPS) is 14.6. The fourth-order valence-electron chi connectivity index (χ4n) is 12.0. The minimum atomic E-state index is -0.675. The van der Waals surface area contributed by atoms with Crippen molar-refractivity contribution in [1.82, 2.24) is 39.2 Å². The second-order valence-electron chi connectivity index (χ2n) is 26.8. The highest BCUT2D eigenvalue weighted by Crippen LogP contribution is 2.14. The lowest BCUT2D eigenvalue weighted by Crippen LogP contribution is -2.55. The lowest BCUT2D eigenvalue weighted by atomic mass is 10.2. The highest BCUT2D eigenvalue weighted by molar-refractivity contribution is 5.94. The quantitative estimate of drug-likeness (QED) is 0.0328. The largest absolute Gasteiger partial charge is 0.375 e. The third kappa shape index (κ3) is 31.9. The van der Waals surface area contributed by atoms with Crippen LogP contribution in [0.2, 0.25) is 0 Å². The predicted molar refractivity (Wildman–Crippen MR) is 421 cm³/mol. The smallest absolute Gasteiger partial charge is 0.242 e. The van der Waals surface area contributed by atoms with Crippen LogP contribution in [0.3, 0.4) is 0 Å². The molecule has 1 aliphatic heterocycles. The first-order chi connectivity index (χ1) is 54.9. The zero-order valence-corrected chi connectivity index (χ0v) is 63.8. The number of hydrogen-bond acceptors (Lipinski definition) is 16. The van der Waals surface area contributed by atoms with Gasteiger partial charge in [0.2, 0.25) is 47.3 Å². The summed E-state index contributed by atoms with van der Waals surface area (Å²) in [5.74, 6) is -5.40. The Bertz CT molecular complexity index is 3270. The molecule has 8 aromatic carbocycles. The van der Waals surface area contributed by atoms with Crippen LogP contribution in [0.25, 0.3) is 0 Å². The molecule has 0 aliphatic carbocycles. The molecule has 592 valence electrons. The van der Waals surface area contributed by atoms with Crippen LogP contribution in [0.15, 0.2) is 243 Å². The second-order valence-corrected chi connectivity index (χ2v) is 26.8. The van der Waals surface area contributed by atoms with Crippen LogP contribution in [0.4, 0.5) is 0 Å². The number of nitrogens with zero attached hydrogens (tertiary/aromatic N) is 8. The fourth-order valence-corrected chi connectivity index (χ4v) is 12.0. The van der Waals surface area contributed by atoms with E-state index in [1.165, 1.54) is 39.2 Å². The van der Waals surface area contributed by atoms with Crippen LogP contribution >= 0.6 is 0 Å². The summed E-state index contributed by atoms with van der Waals surface area (Å²) >= 11 is 0. The molecule has 1 heterocycles. The Labute approximate surface area is 657 Å². The van der Waals surface area contributed by atoms with Gasteiger partial charge in [0.1, 0.15) is 0 Å². The third-order valence-electron chi connectivity index (χ3n) is 18.4. The summed E-state index contributed by atoms with van der Waals surface area (Å²) in [6, 6.07) is 75.3. The summed E-state index contributed by atoms with van der Waals surface area (Å²) in [5.41, 5.74) is 6.86. The van der Waals surface area contributed by atoms with Crippen molar-refractivity contribution >= 4 is 47.3 Å². The Kier molecular flexibility index (Phi) is 37.6. The highest BCUT2D eigenvalue weighted by Gasteiger charge is 2.33. The molecule has 8 aromatic rings. The van der Waals surface area contributed by atoms with E-state index in [1.807, 2.05) is 243 Å². The molecule has 24 nitrogen and oxygen atoms in total. The zero-order chi connectivity index (χ0) is 78.4. The second kappa shape index (κ2) is 49.5. The first-order valence-corrected chi connectivity index (χ1v) is 38.0. The van der Waals surface area contributed by atoms with Gasteiger partial charge in [-0.1, -0.05) is 243 Å². The van der Waals surface area contributed by atoms with Crippen LogP contribution in [-0.4, -0.2) is 244 Å². The molecule has 0 saturated carbocycles. The monoisotopic (exact) mass is 1530 g/mol. The van der Waals surface area contributed by atoms with Gasteiger partial charge < -0.3 is 77.1 Å². The summed E-state index contributed by atoms with van der Waals surface area (Å²) in [5, 5.41) is 0. The third-order valence-corrected chi connectivity index (χ3v) is 18.4. The summed E-state index contributed by atoms with van der Waals surface area (Å²) in [7, 11) is 0. The summed E-state index contributed by atoms with van der Waals surface area (Å²) in [4.78, 5) is 134. The van der Waals surface area contributed by atoms with Crippen molar-refractivity contribution in [2.24, 2.45) is 0 Å². The van der Waals surface area contributed by atoms with Crippen LogP contribution in [0.1, 0.15) is 44.5 Å². The molecule has 1 aliphatic rings. The Morgan fingerprint density at radius 2 is 0.259 bits per heavy atom. The van der Waals surface area contributed by atoms with Gasteiger partial charge >= 0.3 is 0 Å². The number of ether oxygens (including phenoxy) is 8. The first kappa shape index (κ1) is 85.2. The maximum Gasteiger partial charge on any atom is 0.242 e. The van der Waals surface area contributed by atoms with E-state index in [4.69, 9.17) is 37.9 Å². The first-order valence-electron chi connectivity index (χ1n) is 38.0. The Balaban J connectivity index is 1.10. The molecule has 0 unspecified atom stereocenters. The number of carbonyl (C=O) groups is 8. The van der Waals surface area contributed by atoms with Gasteiger partial charge in [0, 0.05) is 52.4 Å². The van der Waals surface area contributed by atoms with Crippen molar-refractivity contribution < 1.29 is 76.3 Å². The molecule has 24 heteroatoms. The molecule has 0 radical (unpaired) electrons. The van der Waals surface area contributed by atoms with Crippen molar-refractivity contribution in [1.29, 1.82) is 0 Å². The van der Waals surface area contributed by atoms with E-state index in [-0.39, 0.29) is 158 Å². The standard InChI is InChI=1S/C88H104N8O16/c97-81-58-90(42-50-106-66-74-27-11-2-12-28-74)83(99)60-92(44-52-108-68-76-31-15-4-16-32-76)85(101)62-94(46-54-110-70-78-35-19-6-20-36-78)87(103)64-96(48-56-112-72-80-39-23-8-24-40-80)88(104)63-95(47-55-111-71-79-37-21-7-22-38-79)86(102)61-93(45-53-109-69-77-33-17-5-18-34-77)84(100)59-91(43-51-107-67-75-29-13-3-14-30-75)82(98)57-89(81)41-49-105-65-73-25-9-1-10-26-73/h1-40H,41-72H2. The molecule has 1 fully saturated rings. The van der Waals surface area contributed by atoms with Gasteiger partial charge in [-0.25, -0.2) is 0 Å². The van der Waals surface area contributed by atoms with Crippen molar-refractivity contribution in [3.8, 4) is 0 Å². The molecule has 1 saturated heterocycles. The number of amides is 8. The highest BCUT2D eigenvalue weighted by atomic mass is 16.5. The molecular weight excluding hydrogens is 1430 g/mol. The Morgan fingerprint density at radius 1 is 0.161 bits per heavy atom. The van der Waals surface area contributed by atoms with Gasteiger partial charge in [-0.05, 0) is 44.5 Å². The van der Waals surface area contributed by atoms with E-state index in [1.54, 1.807) is 0 Å². The molecule has 0 aromatic heterocycles. The summed E-state index contributed by atoms with van der Waals surface area (Å²) < 4.78 is 49.3. The fraction of sp³-hybridized carbons (Fsp3) is 0.364. The zero-order valence-electron chi connectivity index (χ0n) is 63.8. The number of rotatable bonds is 40. The van der Waals surface area contributed by atoms with E-state index >= 15 is 38.4 Å². The van der Waals surface area contributed by atoms with E-state index in [0.29, 0.717) is 0 Å². The van der Waals surface area contributed by atoms with Gasteiger partial charge in [-0.15, -0.1) is 0 Å².